The molecule has 1 atom stereocenters. The molecule has 4 aromatic carbocycles. The monoisotopic (exact) mass is 742 g/mol. The normalized spacial score (nSPS) is 14.3. The second kappa shape index (κ2) is 14.7. The minimum absolute atomic E-state index is 0.170. The number of esters is 1. The number of ether oxygens (including phenoxy) is 5. The van der Waals surface area contributed by atoms with Gasteiger partial charge in [-0.15, -0.1) is 0 Å². The number of halogens is 1. The second-order valence-corrected chi connectivity index (χ2v) is 13.0. The first-order chi connectivity index (χ1) is 23.8. The van der Waals surface area contributed by atoms with Crippen molar-refractivity contribution in [3.8, 4) is 23.0 Å². The predicted octanol–water partition coefficient (Wildman–Crippen LogP) is 6.71. The number of methoxy groups -OCH3 is 2. The smallest absolute Gasteiger partial charge is 0.338 e. The molecule has 0 N–H and O–H groups in total. The van der Waals surface area contributed by atoms with Crippen molar-refractivity contribution in [2.45, 2.75) is 33.4 Å². The van der Waals surface area contributed by atoms with Gasteiger partial charge in [-0.1, -0.05) is 75.8 Å². The summed E-state index contributed by atoms with van der Waals surface area (Å²) in [5.41, 5.74) is 2.85. The molecule has 0 amide bonds. The van der Waals surface area contributed by atoms with E-state index in [0.717, 1.165) is 21.9 Å². The molecule has 1 aliphatic heterocycles. The fraction of sp³-hybridized carbons (Fsp3) is 0.237. The highest BCUT2D eigenvalue weighted by Gasteiger charge is 2.35. The first-order valence-electron chi connectivity index (χ1n) is 15.7. The molecule has 0 radical (unpaired) electrons. The van der Waals surface area contributed by atoms with Gasteiger partial charge in [0.25, 0.3) is 5.56 Å². The van der Waals surface area contributed by atoms with Gasteiger partial charge in [-0.05, 0) is 78.6 Å². The minimum Gasteiger partial charge on any atom is -0.493 e. The molecule has 2 heterocycles. The average molecular weight is 744 g/mol. The van der Waals surface area contributed by atoms with Gasteiger partial charge in [0.05, 0.1) is 49.3 Å². The lowest BCUT2D eigenvalue weighted by Gasteiger charge is -2.26. The van der Waals surface area contributed by atoms with Crippen LogP contribution in [0.5, 0.6) is 23.0 Å². The largest absolute Gasteiger partial charge is 0.493 e. The Labute approximate surface area is 295 Å². The van der Waals surface area contributed by atoms with Gasteiger partial charge in [0.15, 0.2) is 27.8 Å². The van der Waals surface area contributed by atoms with E-state index in [1.165, 1.54) is 23.0 Å². The topological polar surface area (TPSA) is 97.6 Å². The maximum Gasteiger partial charge on any atom is 0.338 e. The van der Waals surface area contributed by atoms with E-state index in [1.807, 2.05) is 43.3 Å². The molecule has 9 nitrogen and oxygen atoms in total. The molecule has 5 aromatic rings. The molecule has 1 aromatic heterocycles. The zero-order valence-corrected chi connectivity index (χ0v) is 30.1. The third-order valence-electron chi connectivity index (χ3n) is 8.14. The Morgan fingerprint density at radius 3 is 2.43 bits per heavy atom. The number of benzene rings is 4. The molecule has 0 aliphatic carbocycles. The highest BCUT2D eigenvalue weighted by molar-refractivity contribution is 9.10. The van der Waals surface area contributed by atoms with Crippen LogP contribution in [-0.4, -0.2) is 38.0 Å². The molecule has 0 saturated carbocycles. The number of carbonyl (C=O) groups is 1. The summed E-state index contributed by atoms with van der Waals surface area (Å²) in [5.74, 6) is 1.56. The quantitative estimate of drug-likeness (QED) is 0.139. The van der Waals surface area contributed by atoms with Crippen LogP contribution in [0.3, 0.4) is 0 Å². The van der Waals surface area contributed by atoms with E-state index >= 15 is 0 Å². The fourth-order valence-corrected chi connectivity index (χ4v) is 7.48. The van der Waals surface area contributed by atoms with Gasteiger partial charge in [-0.2, -0.15) is 0 Å². The van der Waals surface area contributed by atoms with Crippen molar-refractivity contribution in [1.82, 2.24) is 4.57 Å². The molecular weight excluding hydrogens is 708 g/mol. The molecule has 0 saturated heterocycles. The summed E-state index contributed by atoms with van der Waals surface area (Å²) in [6.45, 7) is 6.37. The summed E-state index contributed by atoms with van der Waals surface area (Å²) >= 11 is 4.88. The molecule has 11 heteroatoms. The first kappa shape index (κ1) is 34.0. The number of hydrogen-bond donors (Lipinski definition) is 0. The van der Waals surface area contributed by atoms with Crippen molar-refractivity contribution in [3.63, 3.8) is 0 Å². The first-order valence-corrected chi connectivity index (χ1v) is 17.4. The SMILES string of the molecule is CCOC(=O)C1=C(C)N=c2s/c(=C\c3ccc(OCc4cccc5ccccc45)c(OCC)c3)c(=O)n2[C@@H]1c1cc(OC)c(OC)cc1Br. The minimum atomic E-state index is -0.838. The summed E-state index contributed by atoms with van der Waals surface area (Å²) < 4.78 is 31.3. The number of fused-ring (bicyclic) bond motifs is 2. The Bertz CT molecular complexity index is 2270. The third kappa shape index (κ3) is 6.73. The van der Waals surface area contributed by atoms with Crippen molar-refractivity contribution in [3.05, 3.63) is 125 Å². The van der Waals surface area contributed by atoms with Crippen LogP contribution >= 0.6 is 27.3 Å². The van der Waals surface area contributed by atoms with Crippen LogP contribution in [0.15, 0.2) is 98.3 Å². The second-order valence-electron chi connectivity index (χ2n) is 11.1. The summed E-state index contributed by atoms with van der Waals surface area (Å²) in [6, 6.07) is 22.6. The summed E-state index contributed by atoms with van der Waals surface area (Å²) in [5, 5.41) is 2.28. The zero-order chi connectivity index (χ0) is 34.7. The van der Waals surface area contributed by atoms with E-state index in [4.69, 9.17) is 28.7 Å². The predicted molar refractivity (Wildman–Crippen MR) is 194 cm³/mol. The van der Waals surface area contributed by atoms with E-state index in [0.29, 0.717) is 61.3 Å². The average Bonchev–Trinajstić information content (AvgIpc) is 3.40. The van der Waals surface area contributed by atoms with Gasteiger partial charge in [0.1, 0.15) is 6.61 Å². The number of rotatable bonds is 11. The number of thiazole rings is 1. The maximum absolute atomic E-state index is 14.2. The molecule has 252 valence electrons. The number of carbonyl (C=O) groups excluding carboxylic acids is 1. The fourth-order valence-electron chi connectivity index (χ4n) is 5.89. The van der Waals surface area contributed by atoms with E-state index in [9.17, 15) is 9.59 Å². The zero-order valence-electron chi connectivity index (χ0n) is 27.7. The van der Waals surface area contributed by atoms with E-state index in [2.05, 4.69) is 40.2 Å². The van der Waals surface area contributed by atoms with E-state index < -0.39 is 12.0 Å². The molecule has 49 heavy (non-hydrogen) atoms. The van der Waals surface area contributed by atoms with Crippen LogP contribution in [0.25, 0.3) is 16.8 Å². The van der Waals surface area contributed by atoms with Crippen LogP contribution in [0.2, 0.25) is 0 Å². The Balaban J connectivity index is 1.41. The van der Waals surface area contributed by atoms with Crippen LogP contribution in [0.1, 0.15) is 43.5 Å². The van der Waals surface area contributed by atoms with Crippen molar-refractivity contribution in [2.75, 3.05) is 27.4 Å². The number of aromatic nitrogens is 1. The van der Waals surface area contributed by atoms with Crippen molar-refractivity contribution in [1.29, 1.82) is 0 Å². The van der Waals surface area contributed by atoms with Crippen molar-refractivity contribution in [2.24, 2.45) is 4.99 Å². The number of allylic oxidation sites excluding steroid dienone is 1. The lowest BCUT2D eigenvalue weighted by atomic mass is 9.95. The van der Waals surface area contributed by atoms with Gasteiger partial charge < -0.3 is 23.7 Å². The van der Waals surface area contributed by atoms with Gasteiger partial charge in [-0.3, -0.25) is 9.36 Å². The Kier molecular flexibility index (Phi) is 10.2. The summed E-state index contributed by atoms with van der Waals surface area (Å²) in [6.07, 6.45) is 1.80. The number of nitrogens with zero attached hydrogens (tertiary/aromatic N) is 2. The van der Waals surface area contributed by atoms with Gasteiger partial charge in [0.2, 0.25) is 0 Å². The van der Waals surface area contributed by atoms with Crippen LogP contribution in [0, 0.1) is 0 Å². The van der Waals surface area contributed by atoms with Crippen LogP contribution in [0.4, 0.5) is 0 Å². The van der Waals surface area contributed by atoms with E-state index in [1.54, 1.807) is 39.2 Å². The van der Waals surface area contributed by atoms with Crippen LogP contribution in [-0.2, 0) is 16.1 Å². The van der Waals surface area contributed by atoms with Crippen LogP contribution < -0.4 is 33.8 Å². The molecule has 1 aliphatic rings. The highest BCUT2D eigenvalue weighted by Crippen LogP contribution is 2.41. The van der Waals surface area contributed by atoms with Gasteiger partial charge >= 0.3 is 5.97 Å². The van der Waals surface area contributed by atoms with Crippen molar-refractivity contribution < 1.29 is 28.5 Å². The third-order valence-corrected chi connectivity index (χ3v) is 9.81. The van der Waals surface area contributed by atoms with E-state index in [-0.39, 0.29) is 17.7 Å². The molecule has 0 spiro atoms. The Morgan fingerprint density at radius 1 is 0.918 bits per heavy atom. The van der Waals surface area contributed by atoms with Crippen molar-refractivity contribution >= 4 is 50.1 Å². The lowest BCUT2D eigenvalue weighted by molar-refractivity contribution is -0.139. The molecule has 0 bridgehead atoms. The number of hydrogen-bond acceptors (Lipinski definition) is 9. The lowest BCUT2D eigenvalue weighted by Crippen LogP contribution is -2.40. The molecule has 0 unspecified atom stereocenters. The molecular formula is C38H35BrN2O7S. The summed E-state index contributed by atoms with van der Waals surface area (Å²) in [7, 11) is 3.08. The Hall–Kier alpha value is -4.87. The Morgan fingerprint density at radius 2 is 1.67 bits per heavy atom. The highest BCUT2D eigenvalue weighted by atomic mass is 79.9. The van der Waals surface area contributed by atoms with Gasteiger partial charge in [0, 0.05) is 4.47 Å². The summed E-state index contributed by atoms with van der Waals surface area (Å²) in [4.78, 5) is 32.8. The standard InChI is InChI=1S/C38H35BrN2O7S/c1-6-46-32-17-23(15-16-29(32)48-21-25-13-10-12-24-11-8-9-14-26(24)25)18-33-36(42)41-35(27-19-30(44-4)31(45-5)20-28(27)39)34(37(43)47-7-2)22(3)40-38(41)49-33/h8-20,35H,6-7,21H2,1-5H3/b33-18-/t35-/m1/s1. The van der Waals surface area contributed by atoms with Gasteiger partial charge in [-0.25, -0.2) is 9.79 Å². The molecule has 0 fully saturated rings. The molecule has 6 rings (SSSR count). The maximum atomic E-state index is 14.2.